The largest absolute Gasteiger partial charge is 0.457 e. The minimum atomic E-state index is -0.188. The molecule has 1 saturated heterocycles. The third-order valence-corrected chi connectivity index (χ3v) is 5.42. The van der Waals surface area contributed by atoms with E-state index in [1.165, 1.54) is 11.8 Å². The van der Waals surface area contributed by atoms with Gasteiger partial charge < -0.3 is 9.84 Å². The monoisotopic (exact) mass is 453 g/mol. The Morgan fingerprint density at radius 3 is 2.64 bits per heavy atom. The fourth-order valence-electron chi connectivity index (χ4n) is 2.61. The molecule has 1 aliphatic heterocycles. The van der Waals surface area contributed by atoms with Gasteiger partial charge in [0, 0.05) is 16.1 Å². The average molecular weight is 454 g/mol. The Bertz CT molecular complexity index is 1040. The molecule has 2 heterocycles. The van der Waals surface area contributed by atoms with Crippen LogP contribution in [0.2, 0.25) is 0 Å². The Kier molecular flexibility index (Phi) is 5.64. The van der Waals surface area contributed by atoms with E-state index in [9.17, 15) is 4.79 Å². The van der Waals surface area contributed by atoms with E-state index in [-0.39, 0.29) is 5.91 Å². The normalized spacial score (nSPS) is 16.5. The van der Waals surface area contributed by atoms with Crippen LogP contribution in [0.1, 0.15) is 11.3 Å². The number of thioether (sulfide) groups is 1. The molecule has 0 aliphatic carbocycles. The van der Waals surface area contributed by atoms with Crippen LogP contribution in [0.4, 0.5) is 0 Å². The maximum Gasteiger partial charge on any atom is 0.264 e. The minimum absolute atomic E-state index is 0.188. The number of furan rings is 1. The van der Waals surface area contributed by atoms with Crippen molar-refractivity contribution in [2.75, 3.05) is 0 Å². The van der Waals surface area contributed by atoms with Crippen LogP contribution >= 0.6 is 27.7 Å². The molecule has 0 atom stereocenters. The van der Waals surface area contributed by atoms with Gasteiger partial charge in [-0.3, -0.25) is 10.1 Å². The quantitative estimate of drug-likeness (QED) is 0.422. The summed E-state index contributed by atoms with van der Waals surface area (Å²) < 4.78 is 6.86. The molecule has 5 nitrogen and oxygen atoms in total. The topological polar surface area (TPSA) is 66.6 Å². The fourth-order valence-corrected chi connectivity index (χ4v) is 3.65. The van der Waals surface area contributed by atoms with Gasteiger partial charge in [-0.25, -0.2) is 0 Å². The number of amidine groups is 1. The number of carbonyl (C=O) groups is 1. The highest BCUT2D eigenvalue weighted by Crippen LogP contribution is 2.29. The Morgan fingerprint density at radius 1 is 1.07 bits per heavy atom. The molecule has 28 heavy (non-hydrogen) atoms. The highest BCUT2D eigenvalue weighted by atomic mass is 79.9. The summed E-state index contributed by atoms with van der Waals surface area (Å²) in [5.74, 6) is 1.18. The number of nitrogens with one attached hydrogen (secondary N) is 2. The van der Waals surface area contributed by atoms with E-state index in [4.69, 9.17) is 4.42 Å². The lowest BCUT2D eigenvalue weighted by molar-refractivity contribution is -0.115. The summed E-state index contributed by atoms with van der Waals surface area (Å²) in [5, 5.41) is 7.52. The maximum atomic E-state index is 12.2. The zero-order valence-electron chi connectivity index (χ0n) is 14.7. The first-order valence-electron chi connectivity index (χ1n) is 8.58. The molecule has 140 valence electrons. The van der Waals surface area contributed by atoms with Gasteiger partial charge in [0.25, 0.3) is 5.91 Å². The molecule has 0 spiro atoms. The second-order valence-corrected chi connectivity index (χ2v) is 7.96. The van der Waals surface area contributed by atoms with Crippen molar-refractivity contribution < 1.29 is 9.21 Å². The number of hydrogen-bond acceptors (Lipinski definition) is 5. The Morgan fingerprint density at radius 2 is 1.86 bits per heavy atom. The van der Waals surface area contributed by atoms with Crippen molar-refractivity contribution in [3.63, 3.8) is 0 Å². The molecule has 0 bridgehead atoms. The van der Waals surface area contributed by atoms with E-state index in [2.05, 4.69) is 31.8 Å². The van der Waals surface area contributed by atoms with Crippen LogP contribution in [0.25, 0.3) is 17.4 Å². The van der Waals surface area contributed by atoms with Crippen LogP contribution in [-0.4, -0.2) is 11.1 Å². The van der Waals surface area contributed by atoms with E-state index in [1.54, 1.807) is 6.08 Å². The SMILES string of the molecule is O=C1NC(=NNCc2ccccc2)SC1=Cc1ccc(-c2ccc(Br)cc2)o1. The van der Waals surface area contributed by atoms with Crippen LogP contribution in [0, 0.1) is 0 Å². The molecule has 2 N–H and O–H groups in total. The van der Waals surface area contributed by atoms with E-state index < -0.39 is 0 Å². The number of amides is 1. The molecule has 1 fully saturated rings. The first-order valence-corrected chi connectivity index (χ1v) is 10.2. The van der Waals surface area contributed by atoms with Gasteiger partial charge in [-0.2, -0.15) is 5.10 Å². The fraction of sp³-hybridized carbons (Fsp3) is 0.0476. The number of benzene rings is 2. The number of halogens is 1. The van der Waals surface area contributed by atoms with Crippen LogP contribution in [0.15, 0.2) is 85.6 Å². The van der Waals surface area contributed by atoms with E-state index in [0.29, 0.717) is 22.4 Å². The standard InChI is InChI=1S/C21H16BrN3O2S/c22-16-8-6-15(7-9-16)18-11-10-17(27-18)12-19-20(26)24-21(28-19)25-23-13-14-4-2-1-3-5-14/h1-12,23H,13H2,(H,24,25,26). The summed E-state index contributed by atoms with van der Waals surface area (Å²) in [6.45, 7) is 0.592. The molecule has 0 unspecified atom stereocenters. The van der Waals surface area contributed by atoms with Crippen molar-refractivity contribution in [3.8, 4) is 11.3 Å². The number of carbonyl (C=O) groups excluding carboxylic acids is 1. The molecule has 3 aromatic rings. The van der Waals surface area contributed by atoms with Gasteiger partial charge in [0.15, 0.2) is 5.17 Å². The molecule has 0 saturated carbocycles. The summed E-state index contributed by atoms with van der Waals surface area (Å²) in [7, 11) is 0. The predicted molar refractivity (Wildman–Crippen MR) is 116 cm³/mol. The van der Waals surface area contributed by atoms with Gasteiger partial charge in [-0.1, -0.05) is 58.4 Å². The van der Waals surface area contributed by atoms with Crippen LogP contribution in [0.5, 0.6) is 0 Å². The first kappa shape index (κ1) is 18.6. The van der Waals surface area contributed by atoms with Crippen molar-refractivity contribution in [2.45, 2.75) is 6.54 Å². The zero-order valence-corrected chi connectivity index (χ0v) is 17.1. The Labute approximate surface area is 175 Å². The van der Waals surface area contributed by atoms with Crippen molar-refractivity contribution in [2.24, 2.45) is 5.10 Å². The average Bonchev–Trinajstić information content (AvgIpc) is 3.30. The summed E-state index contributed by atoms with van der Waals surface area (Å²) in [5.41, 5.74) is 5.07. The summed E-state index contributed by atoms with van der Waals surface area (Å²) in [6.07, 6.45) is 1.72. The first-order chi connectivity index (χ1) is 13.7. The van der Waals surface area contributed by atoms with Crippen molar-refractivity contribution in [3.05, 3.63) is 87.4 Å². The maximum absolute atomic E-state index is 12.2. The van der Waals surface area contributed by atoms with Gasteiger partial charge in [0.2, 0.25) is 0 Å². The highest BCUT2D eigenvalue weighted by Gasteiger charge is 2.24. The van der Waals surface area contributed by atoms with Crippen LogP contribution < -0.4 is 10.7 Å². The number of rotatable bonds is 5. The molecule has 0 radical (unpaired) electrons. The van der Waals surface area contributed by atoms with E-state index in [0.717, 1.165) is 21.4 Å². The summed E-state index contributed by atoms with van der Waals surface area (Å²) >= 11 is 4.70. The van der Waals surface area contributed by atoms with Gasteiger partial charge in [-0.15, -0.1) is 0 Å². The van der Waals surface area contributed by atoms with E-state index in [1.807, 2.05) is 66.7 Å². The Hall–Kier alpha value is -2.77. The third kappa shape index (κ3) is 4.55. The summed E-state index contributed by atoms with van der Waals surface area (Å²) in [4.78, 5) is 12.7. The highest BCUT2D eigenvalue weighted by molar-refractivity contribution is 9.10. The van der Waals surface area contributed by atoms with E-state index >= 15 is 0 Å². The van der Waals surface area contributed by atoms with Crippen LogP contribution in [-0.2, 0) is 11.3 Å². The molecule has 1 aromatic heterocycles. The van der Waals surface area contributed by atoms with Crippen molar-refractivity contribution in [1.29, 1.82) is 0 Å². The van der Waals surface area contributed by atoms with Crippen LogP contribution in [0.3, 0.4) is 0 Å². The number of hydrazone groups is 1. The van der Waals surface area contributed by atoms with Crippen molar-refractivity contribution >= 4 is 44.8 Å². The molecule has 1 aliphatic rings. The molecular formula is C21H16BrN3O2S. The zero-order chi connectivity index (χ0) is 19.3. The predicted octanol–water partition coefficient (Wildman–Crippen LogP) is 4.97. The Balaban J connectivity index is 1.42. The third-order valence-electron chi connectivity index (χ3n) is 3.99. The van der Waals surface area contributed by atoms with Gasteiger partial charge in [0.1, 0.15) is 11.5 Å². The molecule has 4 rings (SSSR count). The minimum Gasteiger partial charge on any atom is -0.457 e. The van der Waals surface area contributed by atoms with Gasteiger partial charge in [0.05, 0.1) is 11.4 Å². The summed E-state index contributed by atoms with van der Waals surface area (Å²) in [6, 6.07) is 21.5. The number of hydrogen-bond donors (Lipinski definition) is 2. The second-order valence-electron chi connectivity index (χ2n) is 6.01. The number of nitrogens with zero attached hydrogens (tertiary/aromatic N) is 1. The molecule has 2 aromatic carbocycles. The molecule has 7 heteroatoms. The molecular weight excluding hydrogens is 438 g/mol. The van der Waals surface area contributed by atoms with Gasteiger partial charge in [-0.05, 0) is 41.6 Å². The smallest absolute Gasteiger partial charge is 0.264 e. The lowest BCUT2D eigenvalue weighted by Gasteiger charge is -2.01. The lowest BCUT2D eigenvalue weighted by atomic mass is 10.2. The van der Waals surface area contributed by atoms with Gasteiger partial charge >= 0.3 is 0 Å². The van der Waals surface area contributed by atoms with Crippen molar-refractivity contribution in [1.82, 2.24) is 10.7 Å². The second kappa shape index (κ2) is 8.50. The lowest BCUT2D eigenvalue weighted by Crippen LogP contribution is -2.22. The molecule has 1 amide bonds.